The Morgan fingerprint density at radius 3 is 2.50 bits per heavy atom. The number of aromatic nitrogens is 1. The van der Waals surface area contributed by atoms with E-state index in [1.807, 2.05) is 43.3 Å². The summed E-state index contributed by atoms with van der Waals surface area (Å²) in [7, 11) is 1.61. The first-order chi connectivity index (χ1) is 14.5. The number of hydrogen-bond donors (Lipinski definition) is 2. The first-order valence-electron chi connectivity index (χ1n) is 9.86. The first-order valence-corrected chi connectivity index (χ1v) is 10.7. The number of carbonyl (C=O) groups excluding carboxylic acids is 2. The van der Waals surface area contributed by atoms with E-state index in [9.17, 15) is 9.59 Å². The lowest BCUT2D eigenvalue weighted by Crippen LogP contribution is -2.24. The van der Waals surface area contributed by atoms with Crippen LogP contribution in [-0.2, 0) is 11.2 Å². The predicted octanol–water partition coefficient (Wildman–Crippen LogP) is 4.77. The number of methoxy groups -OCH3 is 1. The lowest BCUT2D eigenvalue weighted by molar-refractivity contribution is -0.117. The van der Waals surface area contributed by atoms with Crippen molar-refractivity contribution in [2.45, 2.75) is 32.1 Å². The molecule has 1 heterocycles. The van der Waals surface area contributed by atoms with Crippen LogP contribution in [0.5, 0.6) is 5.75 Å². The molecule has 1 aliphatic rings. The molecule has 2 aromatic carbocycles. The summed E-state index contributed by atoms with van der Waals surface area (Å²) in [6.07, 6.45) is 2.53. The van der Waals surface area contributed by atoms with E-state index in [4.69, 9.17) is 4.74 Å². The largest absolute Gasteiger partial charge is 0.497 e. The third-order valence-electron chi connectivity index (χ3n) is 5.16. The van der Waals surface area contributed by atoms with Gasteiger partial charge in [-0.25, -0.2) is 4.98 Å². The molecule has 1 aromatic heterocycles. The van der Waals surface area contributed by atoms with Crippen LogP contribution in [0.3, 0.4) is 0 Å². The van der Waals surface area contributed by atoms with E-state index in [-0.39, 0.29) is 17.7 Å². The number of amides is 2. The third kappa shape index (κ3) is 4.36. The summed E-state index contributed by atoms with van der Waals surface area (Å²) in [6, 6.07) is 14.6. The van der Waals surface area contributed by atoms with Gasteiger partial charge >= 0.3 is 0 Å². The van der Waals surface area contributed by atoms with Gasteiger partial charge in [-0.15, -0.1) is 11.3 Å². The van der Waals surface area contributed by atoms with Crippen LogP contribution in [0, 0.1) is 6.92 Å². The summed E-state index contributed by atoms with van der Waals surface area (Å²) >= 11 is 1.45. The Kier molecular flexibility index (Phi) is 5.81. The van der Waals surface area contributed by atoms with Crippen molar-refractivity contribution in [2.24, 2.45) is 0 Å². The number of nitrogens with zero attached hydrogens (tertiary/aromatic N) is 1. The molecule has 0 aliphatic heterocycles. The zero-order valence-electron chi connectivity index (χ0n) is 16.9. The van der Waals surface area contributed by atoms with Crippen LogP contribution in [0.25, 0.3) is 0 Å². The second-order valence-electron chi connectivity index (χ2n) is 7.31. The number of nitrogens with one attached hydrogen (secondary N) is 2. The van der Waals surface area contributed by atoms with Gasteiger partial charge in [0.05, 0.1) is 18.7 Å². The van der Waals surface area contributed by atoms with E-state index in [0.29, 0.717) is 10.7 Å². The fraction of sp³-hybridized carbons (Fsp3) is 0.261. The van der Waals surface area contributed by atoms with E-state index >= 15 is 0 Å². The third-order valence-corrected chi connectivity index (χ3v) is 6.21. The molecule has 0 spiro atoms. The van der Waals surface area contributed by atoms with Gasteiger partial charge in [0.1, 0.15) is 5.75 Å². The number of hydrogen-bond acceptors (Lipinski definition) is 5. The van der Waals surface area contributed by atoms with Gasteiger partial charge in [0.2, 0.25) is 5.91 Å². The lowest BCUT2D eigenvalue weighted by atomic mass is 9.90. The van der Waals surface area contributed by atoms with E-state index < -0.39 is 0 Å². The van der Waals surface area contributed by atoms with Crippen molar-refractivity contribution in [3.05, 3.63) is 70.2 Å². The van der Waals surface area contributed by atoms with Gasteiger partial charge in [-0.2, -0.15) is 0 Å². The maximum Gasteiger partial charge on any atom is 0.257 e. The van der Waals surface area contributed by atoms with Crippen LogP contribution < -0.4 is 15.4 Å². The van der Waals surface area contributed by atoms with Gasteiger partial charge < -0.3 is 10.1 Å². The predicted molar refractivity (Wildman–Crippen MR) is 119 cm³/mol. The van der Waals surface area contributed by atoms with Crippen molar-refractivity contribution in [1.29, 1.82) is 0 Å². The van der Waals surface area contributed by atoms with Gasteiger partial charge in [-0.3, -0.25) is 14.9 Å². The van der Waals surface area contributed by atoms with E-state index in [1.54, 1.807) is 19.2 Å². The molecule has 1 unspecified atom stereocenters. The second-order valence-corrected chi connectivity index (χ2v) is 8.39. The smallest absolute Gasteiger partial charge is 0.257 e. The highest BCUT2D eigenvalue weighted by molar-refractivity contribution is 7.16. The maximum atomic E-state index is 12.9. The van der Waals surface area contributed by atoms with Crippen LogP contribution >= 0.6 is 11.3 Å². The average Bonchev–Trinajstić information content (AvgIpc) is 3.17. The molecular weight excluding hydrogens is 398 g/mol. The minimum Gasteiger partial charge on any atom is -0.497 e. The Labute approximate surface area is 179 Å². The monoisotopic (exact) mass is 421 g/mol. The van der Waals surface area contributed by atoms with Gasteiger partial charge in [0, 0.05) is 16.1 Å². The van der Waals surface area contributed by atoms with Gasteiger partial charge in [-0.1, -0.05) is 17.7 Å². The highest BCUT2D eigenvalue weighted by Gasteiger charge is 2.30. The molecule has 4 rings (SSSR count). The summed E-state index contributed by atoms with van der Waals surface area (Å²) in [5.41, 5.74) is 3.18. The number of carbonyl (C=O) groups is 2. The van der Waals surface area contributed by atoms with E-state index in [2.05, 4.69) is 15.6 Å². The molecule has 7 heteroatoms. The minimum atomic E-state index is -0.322. The molecule has 154 valence electrons. The van der Waals surface area contributed by atoms with Crippen LogP contribution in [0.15, 0.2) is 48.5 Å². The topological polar surface area (TPSA) is 80.3 Å². The number of rotatable bonds is 5. The summed E-state index contributed by atoms with van der Waals surface area (Å²) in [6.45, 7) is 1.98. The molecule has 0 radical (unpaired) electrons. The summed E-state index contributed by atoms with van der Waals surface area (Å²) < 4.78 is 5.15. The standard InChI is InChI=1S/C23H23N3O3S/c1-14-6-8-15(9-7-14)21(27)26-23-25-20-18(4-3-5-19(20)30-23)22(28)24-16-10-12-17(29-2)13-11-16/h6-13,18H,3-5H2,1-2H3,(H,24,28)(H,25,26,27). The number of thiazole rings is 1. The van der Waals surface area contributed by atoms with Gasteiger partial charge in [-0.05, 0) is 62.6 Å². The molecule has 0 fully saturated rings. The van der Waals surface area contributed by atoms with E-state index in [0.717, 1.165) is 46.8 Å². The van der Waals surface area contributed by atoms with Crippen molar-refractivity contribution in [2.75, 3.05) is 17.7 Å². The van der Waals surface area contributed by atoms with Crippen molar-refractivity contribution in [3.8, 4) is 5.75 Å². The van der Waals surface area contributed by atoms with Crippen molar-refractivity contribution in [3.63, 3.8) is 0 Å². The average molecular weight is 422 g/mol. The Balaban J connectivity index is 1.48. The van der Waals surface area contributed by atoms with Crippen LogP contribution in [0.1, 0.15) is 45.3 Å². The van der Waals surface area contributed by atoms with Crippen molar-refractivity contribution < 1.29 is 14.3 Å². The van der Waals surface area contributed by atoms with Crippen molar-refractivity contribution in [1.82, 2.24) is 4.98 Å². The SMILES string of the molecule is COc1ccc(NC(=O)C2CCCc3sc(NC(=O)c4ccc(C)cc4)nc32)cc1. The Morgan fingerprint density at radius 1 is 1.07 bits per heavy atom. The molecule has 3 aromatic rings. The quantitative estimate of drug-likeness (QED) is 0.622. The summed E-state index contributed by atoms with van der Waals surface area (Å²) in [5.74, 6) is 0.140. The zero-order valence-corrected chi connectivity index (χ0v) is 17.7. The van der Waals surface area contributed by atoms with Crippen LogP contribution in [0.2, 0.25) is 0 Å². The molecule has 2 amide bonds. The Bertz CT molecular complexity index is 1060. The highest BCUT2D eigenvalue weighted by Crippen LogP contribution is 2.37. The maximum absolute atomic E-state index is 12.9. The normalized spacial score (nSPS) is 15.2. The molecule has 0 bridgehead atoms. The first kappa shape index (κ1) is 20.1. The van der Waals surface area contributed by atoms with Gasteiger partial charge in [0.15, 0.2) is 5.13 Å². The minimum absolute atomic E-state index is 0.0807. The van der Waals surface area contributed by atoms with Gasteiger partial charge in [0.25, 0.3) is 5.91 Å². The summed E-state index contributed by atoms with van der Waals surface area (Å²) in [4.78, 5) is 31.1. The van der Waals surface area contributed by atoms with Crippen molar-refractivity contribution >= 4 is 34.0 Å². The molecule has 6 nitrogen and oxygen atoms in total. The molecule has 0 saturated heterocycles. The molecule has 30 heavy (non-hydrogen) atoms. The molecular formula is C23H23N3O3S. The number of anilines is 2. The zero-order chi connectivity index (χ0) is 21.1. The van der Waals surface area contributed by atoms with Crippen LogP contribution in [-0.4, -0.2) is 23.9 Å². The van der Waals surface area contributed by atoms with Crippen LogP contribution in [0.4, 0.5) is 10.8 Å². The Morgan fingerprint density at radius 2 is 1.80 bits per heavy atom. The lowest BCUT2D eigenvalue weighted by Gasteiger charge is -2.20. The number of benzene rings is 2. The fourth-order valence-electron chi connectivity index (χ4n) is 3.51. The number of ether oxygens (including phenoxy) is 1. The number of aryl methyl sites for hydroxylation is 2. The number of fused-ring (bicyclic) bond motifs is 1. The fourth-order valence-corrected chi connectivity index (χ4v) is 4.57. The molecule has 1 aliphatic carbocycles. The highest BCUT2D eigenvalue weighted by atomic mass is 32.1. The Hall–Kier alpha value is -3.19. The molecule has 0 saturated carbocycles. The molecule has 2 N–H and O–H groups in total. The molecule has 1 atom stereocenters. The second kappa shape index (κ2) is 8.67. The van der Waals surface area contributed by atoms with E-state index in [1.165, 1.54) is 11.3 Å². The summed E-state index contributed by atoms with van der Waals surface area (Å²) in [5, 5.41) is 6.38.